The average molecular weight is 249 g/mol. The number of aryl methyl sites for hydroxylation is 1. The molecule has 0 atom stereocenters. The second kappa shape index (κ2) is 7.62. The van der Waals surface area contributed by atoms with E-state index in [4.69, 9.17) is 5.21 Å². The highest BCUT2D eigenvalue weighted by Crippen LogP contribution is 2.09. The van der Waals surface area contributed by atoms with E-state index in [1.54, 1.807) is 6.20 Å². The number of allylic oxidation sites excluding steroid dienone is 1. The number of aliphatic imine (C=N–C) groups is 1. The van der Waals surface area contributed by atoms with Crippen LogP contribution < -0.4 is 0 Å². The molecular formula is C12H15N3OS. The molecule has 0 radical (unpaired) electrons. The molecule has 4 nitrogen and oxygen atoms in total. The lowest BCUT2D eigenvalue weighted by Gasteiger charge is -2.01. The summed E-state index contributed by atoms with van der Waals surface area (Å²) >= 11 is 1.41. The smallest absolute Gasteiger partial charge is 0.118 e. The van der Waals surface area contributed by atoms with Gasteiger partial charge in [0, 0.05) is 18.1 Å². The van der Waals surface area contributed by atoms with Crippen LogP contribution in [0.4, 0.5) is 0 Å². The first-order chi connectivity index (χ1) is 8.26. The van der Waals surface area contributed by atoms with Crippen molar-refractivity contribution >= 4 is 23.0 Å². The van der Waals surface area contributed by atoms with Gasteiger partial charge in [0.05, 0.1) is 6.21 Å². The normalized spacial score (nSPS) is 11.9. The van der Waals surface area contributed by atoms with Gasteiger partial charge in [0.1, 0.15) is 5.04 Å². The predicted octanol–water partition coefficient (Wildman–Crippen LogP) is 2.75. The van der Waals surface area contributed by atoms with E-state index < -0.39 is 0 Å². The van der Waals surface area contributed by atoms with Gasteiger partial charge in [0.25, 0.3) is 0 Å². The van der Waals surface area contributed by atoms with Gasteiger partial charge in [-0.15, -0.1) is 11.8 Å². The van der Waals surface area contributed by atoms with Crippen LogP contribution in [0.1, 0.15) is 12.0 Å². The molecule has 0 amide bonds. The Balaban J connectivity index is 2.50. The zero-order chi connectivity index (χ0) is 12.5. The minimum absolute atomic E-state index is 0.642. The standard InChI is InChI=1S/C12H15N3OS/c1-10(15-12(17-2)9-14-16)5-6-11-4-3-7-13-8-11/h3-4,7-9,16H,1,5-6H2,2H3/b14-9-,15-12-. The summed E-state index contributed by atoms with van der Waals surface area (Å²) in [6, 6.07) is 3.93. The van der Waals surface area contributed by atoms with Crippen molar-refractivity contribution in [1.29, 1.82) is 0 Å². The molecule has 1 heterocycles. The van der Waals surface area contributed by atoms with Crippen LogP contribution in [-0.2, 0) is 6.42 Å². The van der Waals surface area contributed by atoms with Crippen molar-refractivity contribution in [3.8, 4) is 0 Å². The highest BCUT2D eigenvalue weighted by molar-refractivity contribution is 8.14. The summed E-state index contributed by atoms with van der Waals surface area (Å²) in [5.41, 5.74) is 1.92. The van der Waals surface area contributed by atoms with Gasteiger partial charge in [0.15, 0.2) is 0 Å². The molecule has 5 heteroatoms. The Kier molecular flexibility index (Phi) is 6.03. The van der Waals surface area contributed by atoms with Gasteiger partial charge >= 0.3 is 0 Å². The second-order valence-corrected chi connectivity index (χ2v) is 4.15. The highest BCUT2D eigenvalue weighted by atomic mass is 32.2. The van der Waals surface area contributed by atoms with Gasteiger partial charge in [-0.25, -0.2) is 4.99 Å². The average Bonchev–Trinajstić information content (AvgIpc) is 2.37. The van der Waals surface area contributed by atoms with Crippen LogP contribution in [0.25, 0.3) is 0 Å². The minimum Gasteiger partial charge on any atom is -0.411 e. The Bertz CT molecular complexity index is 415. The summed E-state index contributed by atoms with van der Waals surface area (Å²) in [6.45, 7) is 3.88. The lowest BCUT2D eigenvalue weighted by molar-refractivity contribution is 0.322. The number of aromatic nitrogens is 1. The first-order valence-electron chi connectivity index (χ1n) is 5.13. The SMILES string of the molecule is C=C(CCc1cccnc1)/N=C(/C=N\O)SC. The number of thioether (sulfide) groups is 1. The number of rotatable bonds is 5. The van der Waals surface area contributed by atoms with Gasteiger partial charge in [0.2, 0.25) is 0 Å². The van der Waals surface area contributed by atoms with Crippen molar-refractivity contribution in [1.82, 2.24) is 4.98 Å². The fourth-order valence-corrected chi connectivity index (χ4v) is 1.60. The maximum atomic E-state index is 8.43. The van der Waals surface area contributed by atoms with E-state index in [-0.39, 0.29) is 0 Å². The summed E-state index contributed by atoms with van der Waals surface area (Å²) in [5.74, 6) is 0. The highest BCUT2D eigenvalue weighted by Gasteiger charge is 1.98. The molecule has 0 aliphatic heterocycles. The molecule has 0 unspecified atom stereocenters. The largest absolute Gasteiger partial charge is 0.411 e. The molecule has 0 saturated heterocycles. The van der Waals surface area contributed by atoms with Crippen LogP contribution in [0, 0.1) is 0 Å². The fourth-order valence-electron chi connectivity index (χ4n) is 1.22. The molecule has 90 valence electrons. The van der Waals surface area contributed by atoms with Crippen molar-refractivity contribution in [3.63, 3.8) is 0 Å². The van der Waals surface area contributed by atoms with E-state index in [9.17, 15) is 0 Å². The molecule has 0 aliphatic carbocycles. The summed E-state index contributed by atoms with van der Waals surface area (Å²) in [4.78, 5) is 8.30. The molecule has 0 bridgehead atoms. The van der Waals surface area contributed by atoms with E-state index in [0.29, 0.717) is 5.04 Å². The molecular weight excluding hydrogens is 234 g/mol. The Morgan fingerprint density at radius 2 is 2.47 bits per heavy atom. The van der Waals surface area contributed by atoms with E-state index in [1.165, 1.54) is 18.0 Å². The molecule has 17 heavy (non-hydrogen) atoms. The van der Waals surface area contributed by atoms with Gasteiger partial charge in [-0.1, -0.05) is 17.8 Å². The van der Waals surface area contributed by atoms with Crippen LogP contribution in [0.3, 0.4) is 0 Å². The first-order valence-corrected chi connectivity index (χ1v) is 6.35. The third-order valence-corrected chi connectivity index (χ3v) is 2.69. The van der Waals surface area contributed by atoms with Crippen molar-refractivity contribution in [2.24, 2.45) is 10.1 Å². The predicted molar refractivity (Wildman–Crippen MR) is 72.9 cm³/mol. The molecule has 1 aromatic heterocycles. The molecule has 1 N–H and O–H groups in total. The third kappa shape index (κ3) is 5.31. The lowest BCUT2D eigenvalue weighted by Crippen LogP contribution is -1.95. The number of oxime groups is 1. The molecule has 0 aromatic carbocycles. The Labute approximate surface area is 105 Å². The molecule has 1 rings (SSSR count). The lowest BCUT2D eigenvalue weighted by atomic mass is 10.1. The topological polar surface area (TPSA) is 57.8 Å². The number of hydrogen-bond acceptors (Lipinski definition) is 5. The van der Waals surface area contributed by atoms with E-state index in [2.05, 4.69) is 21.7 Å². The first kappa shape index (κ1) is 13.4. The minimum atomic E-state index is 0.642. The van der Waals surface area contributed by atoms with Crippen LogP contribution >= 0.6 is 11.8 Å². The van der Waals surface area contributed by atoms with Crippen molar-refractivity contribution in [2.75, 3.05) is 6.26 Å². The van der Waals surface area contributed by atoms with E-state index in [0.717, 1.165) is 24.1 Å². The Hall–Kier alpha value is -1.62. The fraction of sp³-hybridized carbons (Fsp3) is 0.250. The maximum Gasteiger partial charge on any atom is 0.118 e. The zero-order valence-corrected chi connectivity index (χ0v) is 10.5. The molecule has 0 saturated carbocycles. The van der Waals surface area contributed by atoms with Gasteiger partial charge in [-0.05, 0) is 30.7 Å². The molecule has 0 aliphatic rings. The summed E-state index contributed by atoms with van der Waals surface area (Å²) in [5, 5.41) is 12.0. The van der Waals surface area contributed by atoms with Crippen LogP contribution in [0.2, 0.25) is 0 Å². The maximum absolute atomic E-state index is 8.43. The molecule has 1 aromatic rings. The van der Waals surface area contributed by atoms with Crippen LogP contribution in [-0.4, -0.2) is 27.7 Å². The van der Waals surface area contributed by atoms with Crippen molar-refractivity contribution in [3.05, 3.63) is 42.4 Å². The zero-order valence-electron chi connectivity index (χ0n) is 9.71. The molecule has 0 fully saturated rings. The van der Waals surface area contributed by atoms with Crippen molar-refractivity contribution < 1.29 is 5.21 Å². The molecule has 0 spiro atoms. The van der Waals surface area contributed by atoms with Gasteiger partial charge in [-0.3, -0.25) is 4.98 Å². The van der Waals surface area contributed by atoms with Gasteiger partial charge in [-0.2, -0.15) is 0 Å². The van der Waals surface area contributed by atoms with Crippen molar-refractivity contribution in [2.45, 2.75) is 12.8 Å². The van der Waals surface area contributed by atoms with E-state index >= 15 is 0 Å². The summed E-state index contributed by atoms with van der Waals surface area (Å²) in [7, 11) is 0. The van der Waals surface area contributed by atoms with Crippen LogP contribution in [0.15, 0.2) is 47.0 Å². The van der Waals surface area contributed by atoms with E-state index in [1.807, 2.05) is 24.6 Å². The Morgan fingerprint density at radius 1 is 1.65 bits per heavy atom. The summed E-state index contributed by atoms with van der Waals surface area (Å²) < 4.78 is 0. The second-order valence-electron chi connectivity index (χ2n) is 3.33. The number of nitrogens with zero attached hydrogens (tertiary/aromatic N) is 3. The third-order valence-electron chi connectivity index (χ3n) is 2.07. The Morgan fingerprint density at radius 3 is 3.06 bits per heavy atom. The quantitative estimate of drug-likeness (QED) is 0.378. The summed E-state index contributed by atoms with van der Waals surface area (Å²) in [6.07, 6.45) is 8.37. The van der Waals surface area contributed by atoms with Crippen LogP contribution in [0.5, 0.6) is 0 Å². The number of pyridine rings is 1. The number of hydrogen-bond donors (Lipinski definition) is 1. The monoisotopic (exact) mass is 249 g/mol. The van der Waals surface area contributed by atoms with Gasteiger partial charge < -0.3 is 5.21 Å².